The van der Waals surface area contributed by atoms with Gasteiger partial charge in [0, 0.05) is 5.41 Å². The average Bonchev–Trinajstić information content (AvgIpc) is 2.28. The standard InChI is InChI=1S/C9H13NO4/c1-9(2,3)6(11)4-5-7(10)14-8(12)13-5/h4,10H2,1-3H3. The molecule has 0 aliphatic rings. The van der Waals surface area contributed by atoms with Gasteiger partial charge < -0.3 is 14.6 Å². The molecule has 5 heteroatoms. The maximum absolute atomic E-state index is 11.5. The van der Waals surface area contributed by atoms with Gasteiger partial charge >= 0.3 is 5.82 Å². The number of rotatable bonds is 2. The molecular formula is C9H13NO4. The molecule has 1 heterocycles. The van der Waals surface area contributed by atoms with Crippen molar-refractivity contribution >= 4 is 11.7 Å². The van der Waals surface area contributed by atoms with Crippen LogP contribution in [-0.4, -0.2) is 5.78 Å². The van der Waals surface area contributed by atoms with E-state index in [2.05, 4.69) is 8.83 Å². The number of ketones is 1. The zero-order valence-corrected chi connectivity index (χ0v) is 8.42. The van der Waals surface area contributed by atoms with Crippen LogP contribution in [0.3, 0.4) is 0 Å². The van der Waals surface area contributed by atoms with Crippen LogP contribution in [0.4, 0.5) is 5.88 Å². The van der Waals surface area contributed by atoms with Gasteiger partial charge in [-0.05, 0) is 0 Å². The summed E-state index contributed by atoms with van der Waals surface area (Å²) < 4.78 is 9.04. The molecule has 0 fully saturated rings. The lowest BCUT2D eigenvalue weighted by Gasteiger charge is -2.14. The zero-order valence-electron chi connectivity index (χ0n) is 8.42. The third-order valence-corrected chi connectivity index (χ3v) is 1.83. The smallest absolute Gasteiger partial charge is 0.393 e. The van der Waals surface area contributed by atoms with Gasteiger partial charge in [0.2, 0.25) is 5.88 Å². The summed E-state index contributed by atoms with van der Waals surface area (Å²) in [4.78, 5) is 22.2. The van der Waals surface area contributed by atoms with Gasteiger partial charge in [0.1, 0.15) is 5.78 Å². The Balaban J connectivity index is 2.85. The van der Waals surface area contributed by atoms with Crippen LogP contribution >= 0.6 is 0 Å². The predicted octanol–water partition coefficient (Wildman–Crippen LogP) is 0.973. The molecule has 1 aromatic rings. The maximum atomic E-state index is 11.5. The molecule has 0 aliphatic heterocycles. The molecule has 1 rings (SSSR count). The Hall–Kier alpha value is -1.52. The van der Waals surface area contributed by atoms with E-state index in [-0.39, 0.29) is 23.8 Å². The van der Waals surface area contributed by atoms with E-state index in [1.165, 1.54) is 0 Å². The van der Waals surface area contributed by atoms with Crippen LogP contribution in [-0.2, 0) is 11.2 Å². The number of anilines is 1. The largest absolute Gasteiger partial charge is 0.520 e. The molecule has 0 aromatic carbocycles. The molecule has 0 atom stereocenters. The quantitative estimate of drug-likeness (QED) is 0.766. The van der Waals surface area contributed by atoms with Crippen molar-refractivity contribution in [2.24, 2.45) is 5.41 Å². The molecule has 14 heavy (non-hydrogen) atoms. The molecule has 2 N–H and O–H groups in total. The van der Waals surface area contributed by atoms with Crippen LogP contribution in [0.2, 0.25) is 0 Å². The van der Waals surface area contributed by atoms with Gasteiger partial charge in [-0.25, -0.2) is 4.79 Å². The topological polar surface area (TPSA) is 86.4 Å². The van der Waals surface area contributed by atoms with Gasteiger partial charge in [0.25, 0.3) is 0 Å². The summed E-state index contributed by atoms with van der Waals surface area (Å²) >= 11 is 0. The summed E-state index contributed by atoms with van der Waals surface area (Å²) in [5, 5.41) is 0. The molecule has 0 bridgehead atoms. The maximum Gasteiger partial charge on any atom is 0.520 e. The molecule has 0 aliphatic carbocycles. The Morgan fingerprint density at radius 3 is 2.29 bits per heavy atom. The zero-order chi connectivity index (χ0) is 10.9. The fourth-order valence-electron chi connectivity index (χ4n) is 0.853. The summed E-state index contributed by atoms with van der Waals surface area (Å²) in [6.45, 7) is 5.34. The minimum atomic E-state index is -0.876. The lowest BCUT2D eigenvalue weighted by atomic mass is 9.88. The van der Waals surface area contributed by atoms with Crippen molar-refractivity contribution < 1.29 is 13.6 Å². The van der Waals surface area contributed by atoms with E-state index in [1.807, 2.05) is 0 Å². The third-order valence-electron chi connectivity index (χ3n) is 1.83. The summed E-state index contributed by atoms with van der Waals surface area (Å²) in [5.41, 5.74) is 4.84. The van der Waals surface area contributed by atoms with E-state index in [1.54, 1.807) is 20.8 Å². The number of nitrogen functional groups attached to an aromatic ring is 1. The average molecular weight is 199 g/mol. The molecule has 0 unspecified atom stereocenters. The highest BCUT2D eigenvalue weighted by atomic mass is 16.6. The van der Waals surface area contributed by atoms with Crippen molar-refractivity contribution in [1.82, 2.24) is 0 Å². The fourth-order valence-corrected chi connectivity index (χ4v) is 0.853. The number of carbonyl (C=O) groups is 1. The van der Waals surface area contributed by atoms with Gasteiger partial charge in [0.05, 0.1) is 6.42 Å². The van der Waals surface area contributed by atoms with Crippen molar-refractivity contribution in [2.45, 2.75) is 27.2 Å². The molecule has 5 nitrogen and oxygen atoms in total. The van der Waals surface area contributed by atoms with Gasteiger partial charge in [-0.3, -0.25) is 4.79 Å². The molecule has 0 amide bonds. The minimum absolute atomic E-state index is 0.0128. The Morgan fingerprint density at radius 1 is 1.36 bits per heavy atom. The van der Waals surface area contributed by atoms with Crippen molar-refractivity contribution in [3.63, 3.8) is 0 Å². The van der Waals surface area contributed by atoms with Gasteiger partial charge in [-0.15, -0.1) is 0 Å². The van der Waals surface area contributed by atoms with Crippen LogP contribution in [0, 0.1) is 5.41 Å². The van der Waals surface area contributed by atoms with E-state index >= 15 is 0 Å². The highest BCUT2D eigenvalue weighted by molar-refractivity contribution is 5.85. The highest BCUT2D eigenvalue weighted by Crippen LogP contribution is 2.19. The number of hydrogen-bond acceptors (Lipinski definition) is 5. The minimum Gasteiger partial charge on any atom is -0.393 e. The van der Waals surface area contributed by atoms with Crippen LogP contribution in [0.25, 0.3) is 0 Å². The predicted molar refractivity (Wildman–Crippen MR) is 49.8 cm³/mol. The second kappa shape index (κ2) is 3.32. The summed E-state index contributed by atoms with van der Waals surface area (Å²) in [7, 11) is 0. The molecule has 0 saturated carbocycles. The second-order valence-corrected chi connectivity index (χ2v) is 4.09. The SMILES string of the molecule is CC(C)(C)C(=O)Cc1oc(=O)oc1N. The number of nitrogens with two attached hydrogens (primary N) is 1. The molecular weight excluding hydrogens is 186 g/mol. The highest BCUT2D eigenvalue weighted by Gasteiger charge is 2.24. The summed E-state index contributed by atoms with van der Waals surface area (Å²) in [6.07, 6.45) is -0.0128. The van der Waals surface area contributed by atoms with E-state index in [0.717, 1.165) is 0 Å². The lowest BCUT2D eigenvalue weighted by Crippen LogP contribution is -2.22. The van der Waals surface area contributed by atoms with Crippen molar-refractivity contribution in [3.8, 4) is 0 Å². The van der Waals surface area contributed by atoms with E-state index in [9.17, 15) is 9.59 Å². The first-order valence-electron chi connectivity index (χ1n) is 4.22. The van der Waals surface area contributed by atoms with Crippen LogP contribution in [0.5, 0.6) is 0 Å². The Kier molecular flexibility index (Phi) is 2.51. The van der Waals surface area contributed by atoms with Gasteiger partial charge in [-0.2, -0.15) is 0 Å². The molecule has 0 radical (unpaired) electrons. The summed E-state index contributed by atoms with van der Waals surface area (Å²) in [6, 6.07) is 0. The van der Waals surface area contributed by atoms with Crippen LogP contribution in [0.1, 0.15) is 26.5 Å². The van der Waals surface area contributed by atoms with E-state index in [4.69, 9.17) is 5.73 Å². The van der Waals surface area contributed by atoms with Crippen molar-refractivity contribution in [2.75, 3.05) is 5.73 Å². The second-order valence-electron chi connectivity index (χ2n) is 4.09. The number of carbonyl (C=O) groups excluding carboxylic acids is 1. The third kappa shape index (κ3) is 2.25. The first kappa shape index (κ1) is 10.6. The Morgan fingerprint density at radius 2 is 1.93 bits per heavy atom. The van der Waals surface area contributed by atoms with Crippen molar-refractivity contribution in [3.05, 3.63) is 16.4 Å². The number of hydrogen-bond donors (Lipinski definition) is 1. The van der Waals surface area contributed by atoms with Crippen LogP contribution < -0.4 is 11.6 Å². The van der Waals surface area contributed by atoms with Gasteiger partial charge in [0.15, 0.2) is 5.76 Å². The lowest BCUT2D eigenvalue weighted by molar-refractivity contribution is -0.125. The van der Waals surface area contributed by atoms with E-state index in [0.29, 0.717) is 0 Å². The molecule has 78 valence electrons. The molecule has 0 saturated heterocycles. The molecule has 0 spiro atoms. The fraction of sp³-hybridized carbons (Fsp3) is 0.556. The summed E-state index contributed by atoms with van der Waals surface area (Å²) in [5.74, 6) is -0.949. The molecule has 1 aromatic heterocycles. The first-order valence-corrected chi connectivity index (χ1v) is 4.22. The first-order chi connectivity index (χ1) is 6.30. The normalized spacial score (nSPS) is 11.6. The number of Topliss-reactive ketones (excluding diaryl/α,β-unsaturated/α-hetero) is 1. The van der Waals surface area contributed by atoms with E-state index < -0.39 is 11.2 Å². The monoisotopic (exact) mass is 199 g/mol. The van der Waals surface area contributed by atoms with Crippen LogP contribution in [0.15, 0.2) is 13.6 Å². The van der Waals surface area contributed by atoms with Crippen molar-refractivity contribution in [1.29, 1.82) is 0 Å². The van der Waals surface area contributed by atoms with Gasteiger partial charge in [-0.1, -0.05) is 20.8 Å². The Labute approximate surface area is 80.9 Å². The Bertz CT molecular complexity index is 394.